The van der Waals surface area contributed by atoms with Crippen molar-refractivity contribution in [3.63, 3.8) is 0 Å². The summed E-state index contributed by atoms with van der Waals surface area (Å²) in [5, 5.41) is 11.9. The SMILES string of the molecule is Cc1ccccc1C(=O)N1CCC(c2nc3ccc(N4CCOCC4)cn3n2)C1.O=C(O)C(F)(F)F. The molecule has 1 N–H and O–H groups in total. The molecule has 0 spiro atoms. The quantitative estimate of drug-likeness (QED) is 0.584. The first-order chi connectivity index (χ1) is 17.1. The number of aliphatic carboxylic acids is 1. The van der Waals surface area contributed by atoms with Gasteiger partial charge in [0.2, 0.25) is 0 Å². The van der Waals surface area contributed by atoms with Gasteiger partial charge < -0.3 is 19.6 Å². The highest BCUT2D eigenvalue weighted by Gasteiger charge is 2.38. The van der Waals surface area contributed by atoms with Crippen LogP contribution < -0.4 is 4.90 Å². The Hall–Kier alpha value is -3.67. The van der Waals surface area contributed by atoms with Crippen molar-refractivity contribution in [2.24, 2.45) is 0 Å². The fraction of sp³-hybridized carbons (Fsp3) is 0.417. The number of carbonyl (C=O) groups excluding carboxylic acids is 1. The second kappa shape index (κ2) is 10.5. The van der Waals surface area contributed by atoms with Crippen LogP contribution in [0.4, 0.5) is 18.9 Å². The number of amides is 1. The van der Waals surface area contributed by atoms with Gasteiger partial charge in [-0.15, -0.1) is 0 Å². The van der Waals surface area contributed by atoms with Crippen LogP contribution in [0, 0.1) is 6.92 Å². The summed E-state index contributed by atoms with van der Waals surface area (Å²) >= 11 is 0. The second-order valence-electron chi connectivity index (χ2n) is 8.61. The minimum atomic E-state index is -5.08. The first-order valence-electron chi connectivity index (χ1n) is 11.5. The predicted molar refractivity (Wildman–Crippen MR) is 124 cm³/mol. The molecule has 4 heterocycles. The van der Waals surface area contributed by atoms with Crippen molar-refractivity contribution >= 4 is 23.2 Å². The topological polar surface area (TPSA) is 100 Å². The van der Waals surface area contributed by atoms with Crippen LogP contribution in [0.2, 0.25) is 0 Å². The Morgan fingerprint density at radius 2 is 1.78 bits per heavy atom. The Bertz CT molecular complexity index is 1240. The van der Waals surface area contributed by atoms with Crippen molar-refractivity contribution in [2.45, 2.75) is 25.4 Å². The number of hydrogen-bond donors (Lipinski definition) is 1. The number of aryl methyl sites for hydroxylation is 1. The highest BCUT2D eigenvalue weighted by molar-refractivity contribution is 5.95. The lowest BCUT2D eigenvalue weighted by Gasteiger charge is -2.28. The molecule has 12 heteroatoms. The molecular weight excluding hydrogens is 479 g/mol. The minimum absolute atomic E-state index is 0.101. The number of anilines is 1. The Labute approximate surface area is 205 Å². The third kappa shape index (κ3) is 5.76. The molecule has 1 aromatic carbocycles. The number of nitrogens with zero attached hydrogens (tertiary/aromatic N) is 5. The zero-order chi connectivity index (χ0) is 25.9. The van der Waals surface area contributed by atoms with E-state index in [2.05, 4.69) is 11.0 Å². The molecule has 5 rings (SSSR count). The maximum atomic E-state index is 12.9. The van der Waals surface area contributed by atoms with Crippen molar-refractivity contribution in [1.29, 1.82) is 0 Å². The lowest BCUT2D eigenvalue weighted by Crippen LogP contribution is -2.36. The van der Waals surface area contributed by atoms with Gasteiger partial charge in [-0.25, -0.2) is 14.3 Å². The van der Waals surface area contributed by atoms with Gasteiger partial charge in [0.25, 0.3) is 5.91 Å². The summed E-state index contributed by atoms with van der Waals surface area (Å²) in [6.07, 6.45) is -2.15. The van der Waals surface area contributed by atoms with E-state index in [-0.39, 0.29) is 11.8 Å². The Morgan fingerprint density at radius 1 is 1.08 bits per heavy atom. The number of carboxylic acids is 1. The predicted octanol–water partition coefficient (Wildman–Crippen LogP) is 3.14. The number of rotatable bonds is 3. The summed E-state index contributed by atoms with van der Waals surface area (Å²) in [4.78, 5) is 30.8. The van der Waals surface area contributed by atoms with Gasteiger partial charge in [-0.05, 0) is 37.1 Å². The third-order valence-corrected chi connectivity index (χ3v) is 6.17. The van der Waals surface area contributed by atoms with Crippen molar-refractivity contribution < 1.29 is 32.6 Å². The van der Waals surface area contributed by atoms with E-state index in [1.807, 2.05) is 52.9 Å². The summed E-state index contributed by atoms with van der Waals surface area (Å²) in [5.41, 5.74) is 3.79. The highest BCUT2D eigenvalue weighted by atomic mass is 19.4. The number of hydrogen-bond acceptors (Lipinski definition) is 6. The second-order valence-corrected chi connectivity index (χ2v) is 8.61. The molecule has 36 heavy (non-hydrogen) atoms. The Morgan fingerprint density at radius 3 is 2.44 bits per heavy atom. The Kier molecular flexibility index (Phi) is 7.43. The van der Waals surface area contributed by atoms with Crippen LogP contribution in [0.3, 0.4) is 0 Å². The molecule has 0 saturated carbocycles. The number of alkyl halides is 3. The summed E-state index contributed by atoms with van der Waals surface area (Å²) < 4.78 is 39.0. The highest BCUT2D eigenvalue weighted by Crippen LogP contribution is 2.27. The van der Waals surface area contributed by atoms with Crippen LogP contribution in [-0.2, 0) is 9.53 Å². The first-order valence-corrected chi connectivity index (χ1v) is 11.5. The van der Waals surface area contributed by atoms with Gasteiger partial charge in [0.15, 0.2) is 11.5 Å². The van der Waals surface area contributed by atoms with Crippen LogP contribution >= 0.6 is 0 Å². The van der Waals surface area contributed by atoms with E-state index in [9.17, 15) is 18.0 Å². The molecule has 2 fully saturated rings. The number of aromatic nitrogens is 3. The monoisotopic (exact) mass is 505 g/mol. The van der Waals surface area contributed by atoms with E-state index < -0.39 is 12.1 Å². The minimum Gasteiger partial charge on any atom is -0.475 e. The average molecular weight is 505 g/mol. The fourth-order valence-corrected chi connectivity index (χ4v) is 4.21. The molecule has 2 aliphatic rings. The lowest BCUT2D eigenvalue weighted by atomic mass is 10.1. The number of carboxylic acid groups (broad SMARTS) is 1. The largest absolute Gasteiger partial charge is 0.490 e. The molecule has 2 aromatic heterocycles. The third-order valence-electron chi connectivity index (χ3n) is 6.17. The number of morpholine rings is 1. The maximum Gasteiger partial charge on any atom is 0.490 e. The van der Waals surface area contributed by atoms with E-state index in [4.69, 9.17) is 24.7 Å². The van der Waals surface area contributed by atoms with Crippen LogP contribution in [0.15, 0.2) is 42.6 Å². The van der Waals surface area contributed by atoms with E-state index in [1.54, 1.807) is 0 Å². The number of carbonyl (C=O) groups is 2. The number of pyridine rings is 1. The van der Waals surface area contributed by atoms with Gasteiger partial charge in [-0.2, -0.15) is 18.3 Å². The molecule has 2 saturated heterocycles. The van der Waals surface area contributed by atoms with Gasteiger partial charge in [-0.1, -0.05) is 18.2 Å². The number of fused-ring (bicyclic) bond motifs is 1. The number of halogens is 3. The van der Waals surface area contributed by atoms with Gasteiger partial charge in [-0.3, -0.25) is 4.79 Å². The smallest absolute Gasteiger partial charge is 0.475 e. The van der Waals surface area contributed by atoms with Crippen LogP contribution in [0.25, 0.3) is 5.65 Å². The molecule has 3 aromatic rings. The standard InChI is InChI=1S/C22H25N5O2.C2HF3O2/c1-16-4-2-3-5-19(16)22(28)26-9-8-17(14-26)21-23-20-7-6-18(15-27(20)24-21)25-10-12-29-13-11-25;3-2(4,5)1(6)7/h2-7,15,17H,8-14H2,1H3;(H,6,7). The number of likely N-dealkylation sites (tertiary alicyclic amines) is 1. The van der Waals surface area contributed by atoms with Crippen molar-refractivity contribution in [2.75, 3.05) is 44.3 Å². The van der Waals surface area contributed by atoms with E-state index in [0.29, 0.717) is 6.54 Å². The molecular formula is C24H26F3N5O4. The van der Waals surface area contributed by atoms with Crippen molar-refractivity contribution in [3.05, 3.63) is 59.5 Å². The molecule has 1 atom stereocenters. The average Bonchev–Trinajstić information content (AvgIpc) is 3.51. The van der Waals surface area contributed by atoms with Gasteiger partial charge in [0.1, 0.15) is 0 Å². The molecule has 0 bridgehead atoms. The van der Waals surface area contributed by atoms with Crippen molar-refractivity contribution in [3.8, 4) is 0 Å². The zero-order valence-corrected chi connectivity index (χ0v) is 19.6. The van der Waals surface area contributed by atoms with Crippen molar-refractivity contribution in [1.82, 2.24) is 19.5 Å². The molecule has 1 unspecified atom stereocenters. The van der Waals surface area contributed by atoms with E-state index in [1.165, 1.54) is 0 Å². The molecule has 192 valence electrons. The van der Waals surface area contributed by atoms with Gasteiger partial charge in [0.05, 0.1) is 25.1 Å². The van der Waals surface area contributed by atoms with Crippen LogP contribution in [-0.4, -0.2) is 82.1 Å². The van der Waals surface area contributed by atoms with E-state index in [0.717, 1.165) is 67.6 Å². The summed E-state index contributed by atoms with van der Waals surface area (Å²) in [7, 11) is 0. The molecule has 0 radical (unpaired) electrons. The summed E-state index contributed by atoms with van der Waals surface area (Å²) in [6.45, 7) is 6.70. The molecule has 2 aliphatic heterocycles. The normalized spacial score (nSPS) is 18.2. The van der Waals surface area contributed by atoms with Gasteiger partial charge in [0, 0.05) is 37.7 Å². The van der Waals surface area contributed by atoms with Gasteiger partial charge >= 0.3 is 12.1 Å². The fourth-order valence-electron chi connectivity index (χ4n) is 4.21. The Balaban J connectivity index is 0.000000384. The van der Waals surface area contributed by atoms with E-state index >= 15 is 0 Å². The number of ether oxygens (including phenoxy) is 1. The van der Waals surface area contributed by atoms with Crippen LogP contribution in [0.5, 0.6) is 0 Å². The lowest BCUT2D eigenvalue weighted by molar-refractivity contribution is -0.192. The number of benzene rings is 1. The van der Waals surface area contributed by atoms with Crippen LogP contribution in [0.1, 0.15) is 34.1 Å². The molecule has 1 amide bonds. The maximum absolute atomic E-state index is 12.9. The zero-order valence-electron chi connectivity index (χ0n) is 19.6. The molecule has 0 aliphatic carbocycles. The molecule has 9 nitrogen and oxygen atoms in total. The first kappa shape index (κ1) is 25.4. The summed E-state index contributed by atoms with van der Waals surface area (Å²) in [6, 6.07) is 11.9. The summed E-state index contributed by atoms with van der Waals surface area (Å²) in [5.74, 6) is -1.66.